The van der Waals surface area contributed by atoms with Gasteiger partial charge in [-0.2, -0.15) is 0 Å². The van der Waals surface area contributed by atoms with E-state index in [0.717, 1.165) is 35.4 Å². The fraction of sp³-hybridized carbons (Fsp3) is 0.429. The summed E-state index contributed by atoms with van der Waals surface area (Å²) < 4.78 is 11.4. The summed E-state index contributed by atoms with van der Waals surface area (Å²) in [5.74, 6) is 0.851. The fourth-order valence-electron chi connectivity index (χ4n) is 2.36. The normalized spacial score (nSPS) is 19.9. The summed E-state index contributed by atoms with van der Waals surface area (Å²) in [4.78, 5) is 0. The summed E-state index contributed by atoms with van der Waals surface area (Å²) in [5.41, 5.74) is 2.02. The Morgan fingerprint density at radius 3 is 3.24 bits per heavy atom. The highest BCUT2D eigenvalue weighted by Crippen LogP contribution is 2.29. The van der Waals surface area contributed by atoms with Crippen LogP contribution >= 0.6 is 0 Å². The molecule has 1 aromatic carbocycles. The van der Waals surface area contributed by atoms with Crippen molar-refractivity contribution in [2.24, 2.45) is 0 Å². The average molecular weight is 231 g/mol. The smallest absolute Gasteiger partial charge is 0.175 e. The van der Waals surface area contributed by atoms with Gasteiger partial charge in [0.1, 0.15) is 6.61 Å². The van der Waals surface area contributed by atoms with Crippen LogP contribution in [-0.4, -0.2) is 19.2 Å². The van der Waals surface area contributed by atoms with Crippen LogP contribution in [0.25, 0.3) is 11.0 Å². The van der Waals surface area contributed by atoms with Crippen molar-refractivity contribution in [3.05, 3.63) is 30.0 Å². The molecule has 0 aliphatic carbocycles. The summed E-state index contributed by atoms with van der Waals surface area (Å²) in [6.07, 6.45) is 4.23. The van der Waals surface area contributed by atoms with Crippen molar-refractivity contribution >= 4 is 11.0 Å². The van der Waals surface area contributed by atoms with E-state index in [-0.39, 0.29) is 0 Å². The van der Waals surface area contributed by atoms with Gasteiger partial charge in [0, 0.05) is 11.4 Å². The van der Waals surface area contributed by atoms with E-state index in [1.54, 1.807) is 6.26 Å². The summed E-state index contributed by atoms with van der Waals surface area (Å²) >= 11 is 0. The molecule has 1 N–H and O–H groups in total. The van der Waals surface area contributed by atoms with Crippen molar-refractivity contribution in [1.82, 2.24) is 5.32 Å². The highest BCUT2D eigenvalue weighted by Gasteiger charge is 2.15. The second-order valence-corrected chi connectivity index (χ2v) is 4.66. The second kappa shape index (κ2) is 4.41. The molecular formula is C14H17NO2. The molecule has 0 radical (unpaired) electrons. The standard InChI is InChI=1S/C14H17NO2/c1-10-8-17-14-12(10)5-2-6-13(14)16-9-11-4-3-7-15-11/h2,5-6,8,11,15H,3-4,7,9H2,1H3. The minimum atomic E-state index is 0.487. The fourth-order valence-corrected chi connectivity index (χ4v) is 2.36. The molecule has 0 spiro atoms. The van der Waals surface area contributed by atoms with Gasteiger partial charge in [0.25, 0.3) is 0 Å². The first-order valence-electron chi connectivity index (χ1n) is 6.17. The minimum absolute atomic E-state index is 0.487. The molecule has 17 heavy (non-hydrogen) atoms. The monoisotopic (exact) mass is 231 g/mol. The third kappa shape index (κ3) is 2.03. The Labute approximate surface area is 101 Å². The second-order valence-electron chi connectivity index (χ2n) is 4.66. The molecule has 3 heteroatoms. The Morgan fingerprint density at radius 2 is 2.41 bits per heavy atom. The van der Waals surface area contributed by atoms with Crippen molar-refractivity contribution in [1.29, 1.82) is 0 Å². The van der Waals surface area contributed by atoms with Gasteiger partial charge in [-0.1, -0.05) is 12.1 Å². The molecule has 1 aromatic heterocycles. The van der Waals surface area contributed by atoms with Crippen LogP contribution in [0.5, 0.6) is 5.75 Å². The Morgan fingerprint density at radius 1 is 1.47 bits per heavy atom. The summed E-state index contributed by atoms with van der Waals surface area (Å²) in [6.45, 7) is 3.88. The van der Waals surface area contributed by atoms with Crippen LogP contribution in [-0.2, 0) is 0 Å². The molecular weight excluding hydrogens is 214 g/mol. The lowest BCUT2D eigenvalue weighted by molar-refractivity contribution is 0.277. The zero-order chi connectivity index (χ0) is 11.7. The third-order valence-corrected chi connectivity index (χ3v) is 3.36. The maximum atomic E-state index is 5.86. The van der Waals surface area contributed by atoms with Crippen LogP contribution in [0, 0.1) is 6.92 Å². The molecule has 3 nitrogen and oxygen atoms in total. The molecule has 0 amide bonds. The highest BCUT2D eigenvalue weighted by molar-refractivity contribution is 5.85. The quantitative estimate of drug-likeness (QED) is 0.882. The number of aryl methyl sites for hydroxylation is 1. The Bertz CT molecular complexity index is 512. The van der Waals surface area contributed by atoms with E-state index in [4.69, 9.17) is 9.15 Å². The van der Waals surface area contributed by atoms with Crippen LogP contribution in [0.3, 0.4) is 0 Å². The molecule has 1 atom stereocenters. The molecule has 1 aliphatic heterocycles. The lowest BCUT2D eigenvalue weighted by Gasteiger charge is -2.12. The Kier molecular flexibility index (Phi) is 2.77. The van der Waals surface area contributed by atoms with Gasteiger partial charge in [0.15, 0.2) is 11.3 Å². The summed E-state index contributed by atoms with van der Waals surface area (Å²) in [7, 11) is 0. The molecule has 1 fully saturated rings. The van der Waals surface area contributed by atoms with Crippen molar-refractivity contribution in [3.63, 3.8) is 0 Å². The molecule has 3 rings (SSSR count). The van der Waals surface area contributed by atoms with Gasteiger partial charge in [-0.05, 0) is 37.9 Å². The largest absolute Gasteiger partial charge is 0.488 e. The zero-order valence-corrected chi connectivity index (χ0v) is 10.0. The topological polar surface area (TPSA) is 34.4 Å². The number of rotatable bonds is 3. The summed E-state index contributed by atoms with van der Waals surface area (Å²) in [6, 6.07) is 6.54. The lowest BCUT2D eigenvalue weighted by atomic mass is 10.2. The van der Waals surface area contributed by atoms with Gasteiger partial charge in [-0.15, -0.1) is 0 Å². The number of fused-ring (bicyclic) bond motifs is 1. The number of nitrogens with one attached hydrogen (secondary N) is 1. The molecule has 0 bridgehead atoms. The van der Waals surface area contributed by atoms with Crippen LogP contribution in [0.2, 0.25) is 0 Å². The predicted octanol–water partition coefficient (Wildman–Crippen LogP) is 2.87. The van der Waals surface area contributed by atoms with Crippen LogP contribution in [0.1, 0.15) is 18.4 Å². The van der Waals surface area contributed by atoms with Crippen LogP contribution < -0.4 is 10.1 Å². The third-order valence-electron chi connectivity index (χ3n) is 3.36. The number of furan rings is 1. The highest BCUT2D eigenvalue weighted by atomic mass is 16.5. The van der Waals surface area contributed by atoms with Crippen LogP contribution in [0.15, 0.2) is 28.9 Å². The lowest BCUT2D eigenvalue weighted by Crippen LogP contribution is -2.28. The van der Waals surface area contributed by atoms with E-state index in [0.29, 0.717) is 6.04 Å². The van der Waals surface area contributed by atoms with E-state index in [1.807, 2.05) is 19.1 Å². The first-order chi connectivity index (χ1) is 8.34. The Hall–Kier alpha value is -1.48. The first kappa shape index (κ1) is 10.7. The molecule has 2 aromatic rings. The van der Waals surface area contributed by atoms with E-state index in [2.05, 4.69) is 11.4 Å². The molecule has 2 heterocycles. The molecule has 1 unspecified atom stereocenters. The Balaban J connectivity index is 1.79. The van der Waals surface area contributed by atoms with Crippen molar-refractivity contribution in [2.45, 2.75) is 25.8 Å². The van der Waals surface area contributed by atoms with Crippen molar-refractivity contribution in [3.8, 4) is 5.75 Å². The number of hydrogen-bond donors (Lipinski definition) is 1. The van der Waals surface area contributed by atoms with Gasteiger partial charge < -0.3 is 14.5 Å². The first-order valence-corrected chi connectivity index (χ1v) is 6.17. The van der Waals surface area contributed by atoms with Gasteiger partial charge in [0.2, 0.25) is 0 Å². The van der Waals surface area contributed by atoms with E-state index in [1.165, 1.54) is 12.8 Å². The maximum absolute atomic E-state index is 5.86. The average Bonchev–Trinajstić information content (AvgIpc) is 2.97. The minimum Gasteiger partial charge on any atom is -0.488 e. The van der Waals surface area contributed by atoms with Crippen LogP contribution in [0.4, 0.5) is 0 Å². The van der Waals surface area contributed by atoms with Gasteiger partial charge in [-0.25, -0.2) is 0 Å². The van der Waals surface area contributed by atoms with Gasteiger partial charge in [0.05, 0.1) is 6.26 Å². The molecule has 1 aliphatic rings. The van der Waals surface area contributed by atoms with Crippen molar-refractivity contribution < 1.29 is 9.15 Å². The van der Waals surface area contributed by atoms with E-state index in [9.17, 15) is 0 Å². The van der Waals surface area contributed by atoms with Gasteiger partial charge >= 0.3 is 0 Å². The molecule has 0 saturated carbocycles. The van der Waals surface area contributed by atoms with E-state index >= 15 is 0 Å². The molecule has 90 valence electrons. The predicted molar refractivity (Wildman–Crippen MR) is 67.5 cm³/mol. The van der Waals surface area contributed by atoms with Gasteiger partial charge in [-0.3, -0.25) is 0 Å². The molecule has 1 saturated heterocycles. The number of hydrogen-bond acceptors (Lipinski definition) is 3. The van der Waals surface area contributed by atoms with Crippen molar-refractivity contribution in [2.75, 3.05) is 13.2 Å². The maximum Gasteiger partial charge on any atom is 0.175 e. The van der Waals surface area contributed by atoms with E-state index < -0.39 is 0 Å². The number of benzene rings is 1. The number of para-hydroxylation sites is 1. The zero-order valence-electron chi connectivity index (χ0n) is 10.0. The SMILES string of the molecule is Cc1coc2c(OCC3CCCN3)cccc12. The number of ether oxygens (including phenoxy) is 1. The summed E-state index contributed by atoms with van der Waals surface area (Å²) in [5, 5.41) is 4.57.